The zero-order chi connectivity index (χ0) is 10.1. The number of rotatable bonds is 1. The molecule has 0 aliphatic carbocycles. The Morgan fingerprint density at radius 1 is 1.21 bits per heavy atom. The Morgan fingerprint density at radius 3 is 2.57 bits per heavy atom. The fraction of sp³-hybridized carbons (Fsp3) is 0.111. The lowest BCUT2D eigenvalue weighted by atomic mass is 10.2. The van der Waals surface area contributed by atoms with Gasteiger partial charge in [0.15, 0.2) is 0 Å². The average Bonchev–Trinajstić information content (AvgIpc) is 2.50. The first-order chi connectivity index (χ1) is 6.65. The fourth-order valence-electron chi connectivity index (χ4n) is 1.21. The van der Waals surface area contributed by atoms with Gasteiger partial charge < -0.3 is 4.98 Å². The number of hydrogen-bond acceptors (Lipinski definition) is 3. The molecule has 2 N–H and O–H groups in total. The minimum Gasteiger partial charge on any atom is -0.307 e. The van der Waals surface area contributed by atoms with Gasteiger partial charge in [-0.3, -0.25) is 9.78 Å². The molecule has 2 rings (SSSR count). The van der Waals surface area contributed by atoms with Gasteiger partial charge in [0.05, 0.1) is 5.69 Å². The van der Waals surface area contributed by atoms with Crippen molar-refractivity contribution >= 4 is 11.3 Å². The van der Waals surface area contributed by atoms with Crippen molar-refractivity contribution in [1.29, 1.82) is 0 Å². The zero-order valence-corrected chi connectivity index (χ0v) is 8.27. The van der Waals surface area contributed by atoms with Crippen LogP contribution in [-0.4, -0.2) is 9.97 Å². The maximum absolute atomic E-state index is 11.0. The van der Waals surface area contributed by atoms with E-state index in [2.05, 4.69) is 9.97 Å². The van der Waals surface area contributed by atoms with E-state index >= 15 is 0 Å². The minimum absolute atomic E-state index is 0.382. The summed E-state index contributed by atoms with van der Waals surface area (Å²) in [6.07, 6.45) is 0. The molecule has 2 heterocycles. The summed E-state index contributed by atoms with van der Waals surface area (Å²) in [7, 11) is 0. The van der Waals surface area contributed by atoms with Crippen LogP contribution in [-0.2, 0) is 0 Å². The molecule has 0 aliphatic heterocycles. The first-order valence-corrected chi connectivity index (χ1v) is 4.92. The highest BCUT2D eigenvalue weighted by Crippen LogP contribution is 2.21. The van der Waals surface area contributed by atoms with E-state index in [0.717, 1.165) is 10.4 Å². The van der Waals surface area contributed by atoms with E-state index in [0.29, 0.717) is 5.69 Å². The highest BCUT2D eigenvalue weighted by atomic mass is 32.1. The Bertz CT molecular complexity index is 536. The van der Waals surface area contributed by atoms with Gasteiger partial charge in [0.2, 0.25) is 0 Å². The van der Waals surface area contributed by atoms with Gasteiger partial charge in [-0.25, -0.2) is 4.79 Å². The third-order valence-corrected chi connectivity index (χ3v) is 2.66. The number of hydrogen-bond donors (Lipinski definition) is 2. The molecule has 72 valence electrons. The van der Waals surface area contributed by atoms with Crippen molar-refractivity contribution in [3.63, 3.8) is 0 Å². The van der Waals surface area contributed by atoms with E-state index in [1.165, 1.54) is 6.07 Å². The van der Waals surface area contributed by atoms with Crippen LogP contribution in [0.2, 0.25) is 0 Å². The van der Waals surface area contributed by atoms with Crippen LogP contribution in [0.1, 0.15) is 4.88 Å². The molecule has 4 nitrogen and oxygen atoms in total. The summed E-state index contributed by atoms with van der Waals surface area (Å²) < 4.78 is 0. The highest BCUT2D eigenvalue weighted by Gasteiger charge is 2.01. The highest BCUT2D eigenvalue weighted by molar-refractivity contribution is 7.10. The van der Waals surface area contributed by atoms with Crippen LogP contribution in [0.3, 0.4) is 0 Å². The van der Waals surface area contributed by atoms with Crippen molar-refractivity contribution < 1.29 is 0 Å². The van der Waals surface area contributed by atoms with Gasteiger partial charge in [0, 0.05) is 21.9 Å². The molecule has 0 amide bonds. The van der Waals surface area contributed by atoms with Crippen LogP contribution in [0.5, 0.6) is 0 Å². The Balaban J connectivity index is 2.62. The standard InChI is InChI=1S/C9H8N2O2S/c1-5-2-6(4-14-5)7-3-8(12)11-9(13)10-7/h2-4H,1H3,(H2,10,11,12,13). The van der Waals surface area contributed by atoms with Crippen molar-refractivity contribution in [2.24, 2.45) is 0 Å². The average molecular weight is 208 g/mol. The number of aromatic nitrogens is 2. The summed E-state index contributed by atoms with van der Waals surface area (Å²) in [5, 5.41) is 1.90. The van der Waals surface area contributed by atoms with Crippen molar-refractivity contribution in [3.05, 3.63) is 43.2 Å². The molecule has 0 saturated heterocycles. The zero-order valence-electron chi connectivity index (χ0n) is 7.46. The first kappa shape index (κ1) is 8.96. The maximum atomic E-state index is 11.0. The molecule has 0 radical (unpaired) electrons. The molecular weight excluding hydrogens is 200 g/mol. The summed E-state index contributed by atoms with van der Waals surface area (Å²) in [5.74, 6) is 0. The summed E-state index contributed by atoms with van der Waals surface area (Å²) in [5.41, 5.74) is 0.572. The lowest BCUT2D eigenvalue weighted by Crippen LogP contribution is -2.21. The molecule has 0 fully saturated rings. The smallest absolute Gasteiger partial charge is 0.307 e. The van der Waals surface area contributed by atoms with Crippen molar-refractivity contribution in [3.8, 4) is 11.3 Å². The molecule has 0 aliphatic rings. The molecule has 5 heteroatoms. The Kier molecular flexibility index (Phi) is 2.09. The Morgan fingerprint density at radius 2 is 2.00 bits per heavy atom. The summed E-state index contributed by atoms with van der Waals surface area (Å²) in [6, 6.07) is 3.30. The van der Waals surface area contributed by atoms with Crippen molar-refractivity contribution in [1.82, 2.24) is 9.97 Å². The van der Waals surface area contributed by atoms with Crippen molar-refractivity contribution in [2.45, 2.75) is 6.92 Å². The minimum atomic E-state index is -0.476. The topological polar surface area (TPSA) is 65.7 Å². The van der Waals surface area contributed by atoms with E-state index in [9.17, 15) is 9.59 Å². The van der Waals surface area contributed by atoms with Gasteiger partial charge in [0.1, 0.15) is 0 Å². The quantitative estimate of drug-likeness (QED) is 0.737. The van der Waals surface area contributed by atoms with Crippen LogP contribution in [0.25, 0.3) is 11.3 Å². The van der Waals surface area contributed by atoms with E-state index in [4.69, 9.17) is 0 Å². The number of thiophene rings is 1. The number of aromatic amines is 2. The van der Waals surface area contributed by atoms with Gasteiger partial charge in [0.25, 0.3) is 5.56 Å². The Hall–Kier alpha value is -1.62. The second-order valence-electron chi connectivity index (χ2n) is 2.95. The number of H-pyrrole nitrogens is 2. The predicted octanol–water partition coefficient (Wildman–Crippen LogP) is 1.10. The van der Waals surface area contributed by atoms with Crippen LogP contribution >= 0.6 is 11.3 Å². The molecule has 0 saturated carbocycles. The van der Waals surface area contributed by atoms with Gasteiger partial charge in [-0.2, -0.15) is 0 Å². The summed E-state index contributed by atoms with van der Waals surface area (Å²) >= 11 is 1.58. The number of aryl methyl sites for hydroxylation is 1. The molecular formula is C9H8N2O2S. The monoisotopic (exact) mass is 208 g/mol. The van der Waals surface area contributed by atoms with E-state index in [1.807, 2.05) is 18.4 Å². The Labute approximate surface area is 83.3 Å². The SMILES string of the molecule is Cc1cc(-c2cc(=O)[nH]c(=O)[nH]2)cs1. The lowest BCUT2D eigenvalue weighted by Gasteiger charge is -1.94. The fourth-order valence-corrected chi connectivity index (χ4v) is 1.91. The van der Waals surface area contributed by atoms with E-state index < -0.39 is 5.69 Å². The van der Waals surface area contributed by atoms with Crippen LogP contribution in [0, 0.1) is 6.92 Å². The van der Waals surface area contributed by atoms with Gasteiger partial charge in [-0.15, -0.1) is 11.3 Å². The molecule has 0 unspecified atom stereocenters. The first-order valence-electron chi connectivity index (χ1n) is 4.04. The summed E-state index contributed by atoms with van der Waals surface area (Å²) in [6.45, 7) is 1.97. The van der Waals surface area contributed by atoms with Crippen molar-refractivity contribution in [2.75, 3.05) is 0 Å². The molecule has 2 aromatic heterocycles. The third-order valence-electron chi connectivity index (χ3n) is 1.80. The second-order valence-corrected chi connectivity index (χ2v) is 4.06. The van der Waals surface area contributed by atoms with Crippen LogP contribution in [0.15, 0.2) is 27.1 Å². The molecule has 0 aromatic carbocycles. The lowest BCUT2D eigenvalue weighted by molar-refractivity contribution is 1.04. The van der Waals surface area contributed by atoms with Crippen LogP contribution in [0.4, 0.5) is 0 Å². The second kappa shape index (κ2) is 3.26. The third kappa shape index (κ3) is 1.67. The summed E-state index contributed by atoms with van der Waals surface area (Å²) in [4.78, 5) is 27.8. The van der Waals surface area contributed by atoms with E-state index in [-0.39, 0.29) is 5.56 Å². The molecule has 0 spiro atoms. The van der Waals surface area contributed by atoms with Gasteiger partial charge >= 0.3 is 5.69 Å². The molecule has 14 heavy (non-hydrogen) atoms. The number of nitrogens with one attached hydrogen (secondary N) is 2. The molecule has 0 atom stereocenters. The molecule has 2 aromatic rings. The largest absolute Gasteiger partial charge is 0.326 e. The predicted molar refractivity (Wildman–Crippen MR) is 55.7 cm³/mol. The van der Waals surface area contributed by atoms with Crippen LogP contribution < -0.4 is 11.2 Å². The van der Waals surface area contributed by atoms with Gasteiger partial charge in [-0.1, -0.05) is 0 Å². The van der Waals surface area contributed by atoms with E-state index in [1.54, 1.807) is 11.3 Å². The normalized spacial score (nSPS) is 10.4. The maximum Gasteiger partial charge on any atom is 0.326 e. The molecule has 0 bridgehead atoms. The van der Waals surface area contributed by atoms with Gasteiger partial charge in [-0.05, 0) is 13.0 Å².